The second kappa shape index (κ2) is 8.57. The van der Waals surface area contributed by atoms with Crippen molar-refractivity contribution in [1.29, 1.82) is 0 Å². The first-order chi connectivity index (χ1) is 13.8. The molecule has 1 saturated heterocycles. The van der Waals surface area contributed by atoms with Gasteiger partial charge in [-0.05, 0) is 61.7 Å². The first-order valence-corrected chi connectivity index (χ1v) is 9.71. The molecular weight excluding hydrogens is 348 g/mol. The third kappa shape index (κ3) is 4.49. The molecule has 0 saturated carbocycles. The summed E-state index contributed by atoms with van der Waals surface area (Å²) in [4.78, 5) is 19.1. The molecule has 2 N–H and O–H groups in total. The van der Waals surface area contributed by atoms with Crippen LogP contribution in [0.4, 0.5) is 22.7 Å². The number of hydrogen-bond acceptors (Lipinski definition) is 4. The van der Waals surface area contributed by atoms with Gasteiger partial charge in [0.2, 0.25) is 0 Å². The van der Waals surface area contributed by atoms with Crippen molar-refractivity contribution in [2.75, 3.05) is 28.6 Å². The van der Waals surface area contributed by atoms with Gasteiger partial charge in [-0.1, -0.05) is 18.2 Å². The largest absolute Gasteiger partial charge is 0.372 e. The predicted molar refractivity (Wildman–Crippen MR) is 114 cm³/mol. The van der Waals surface area contributed by atoms with Crippen molar-refractivity contribution >= 4 is 28.7 Å². The molecule has 5 heteroatoms. The van der Waals surface area contributed by atoms with Gasteiger partial charge in [-0.25, -0.2) is 0 Å². The van der Waals surface area contributed by atoms with Crippen LogP contribution in [0, 0.1) is 0 Å². The van der Waals surface area contributed by atoms with E-state index in [1.165, 1.54) is 24.9 Å². The molecule has 4 rings (SSSR count). The Labute approximate surface area is 165 Å². The van der Waals surface area contributed by atoms with Gasteiger partial charge >= 0.3 is 0 Å². The summed E-state index contributed by atoms with van der Waals surface area (Å²) in [5.74, 6) is -0.178. The molecule has 2 aromatic carbocycles. The maximum Gasteiger partial charge on any atom is 0.257 e. The standard InChI is InChI=1S/C23H24N4O/c28-23(26-19-7-3-1-4-8-19)18-15-21(17-24-16-18)25-20-9-11-22(12-10-20)27-13-5-2-6-14-27/h1,3-4,7-12,15-17,25H,2,5-6,13-14H2,(H,26,28). The molecule has 1 fully saturated rings. The number of carbonyl (C=O) groups excluding carboxylic acids is 1. The van der Waals surface area contributed by atoms with Gasteiger partial charge in [-0.15, -0.1) is 0 Å². The highest BCUT2D eigenvalue weighted by Gasteiger charge is 2.11. The molecule has 0 aliphatic carbocycles. The summed E-state index contributed by atoms with van der Waals surface area (Å²) in [6.07, 6.45) is 7.16. The topological polar surface area (TPSA) is 57.3 Å². The Morgan fingerprint density at radius 3 is 2.32 bits per heavy atom. The number of nitrogens with zero attached hydrogens (tertiary/aromatic N) is 2. The van der Waals surface area contributed by atoms with Crippen molar-refractivity contribution in [3.05, 3.63) is 78.6 Å². The maximum atomic E-state index is 12.5. The Kier molecular flexibility index (Phi) is 5.52. The van der Waals surface area contributed by atoms with E-state index in [2.05, 4.69) is 44.8 Å². The monoisotopic (exact) mass is 372 g/mol. The summed E-state index contributed by atoms with van der Waals surface area (Å²) < 4.78 is 0. The lowest BCUT2D eigenvalue weighted by Gasteiger charge is -2.28. The Morgan fingerprint density at radius 2 is 1.57 bits per heavy atom. The van der Waals surface area contributed by atoms with Crippen LogP contribution in [0.15, 0.2) is 73.1 Å². The lowest BCUT2D eigenvalue weighted by atomic mass is 10.1. The molecule has 0 atom stereocenters. The normalized spacial score (nSPS) is 13.8. The van der Waals surface area contributed by atoms with E-state index in [0.29, 0.717) is 5.56 Å². The molecule has 5 nitrogen and oxygen atoms in total. The van der Waals surface area contributed by atoms with Crippen molar-refractivity contribution in [2.24, 2.45) is 0 Å². The number of pyridine rings is 1. The van der Waals surface area contributed by atoms with Gasteiger partial charge in [0.25, 0.3) is 5.91 Å². The Hall–Kier alpha value is -3.34. The number of benzene rings is 2. The second-order valence-corrected chi connectivity index (χ2v) is 7.00. The average Bonchev–Trinajstić information content (AvgIpc) is 2.76. The third-order valence-corrected chi connectivity index (χ3v) is 4.91. The van der Waals surface area contributed by atoms with Crippen molar-refractivity contribution in [2.45, 2.75) is 19.3 Å². The van der Waals surface area contributed by atoms with Gasteiger partial charge in [0.1, 0.15) is 0 Å². The number of carbonyl (C=O) groups is 1. The Bertz CT molecular complexity index is 919. The molecule has 1 aliphatic heterocycles. The van der Waals surface area contributed by atoms with Gasteiger partial charge in [0.05, 0.1) is 17.4 Å². The van der Waals surface area contributed by atoms with E-state index in [0.717, 1.165) is 30.2 Å². The number of nitrogens with one attached hydrogen (secondary N) is 2. The molecule has 2 heterocycles. The van der Waals surface area contributed by atoms with E-state index in [-0.39, 0.29) is 5.91 Å². The molecule has 1 aliphatic rings. The van der Waals surface area contributed by atoms with Crippen LogP contribution >= 0.6 is 0 Å². The molecule has 3 aromatic rings. The molecular formula is C23H24N4O. The minimum atomic E-state index is -0.178. The van der Waals surface area contributed by atoms with Crippen LogP contribution in [0.3, 0.4) is 0 Å². The highest BCUT2D eigenvalue weighted by atomic mass is 16.1. The third-order valence-electron chi connectivity index (χ3n) is 4.91. The molecule has 0 bridgehead atoms. The molecule has 0 unspecified atom stereocenters. The first kappa shape index (κ1) is 18.0. The molecule has 28 heavy (non-hydrogen) atoms. The van der Waals surface area contributed by atoms with Gasteiger partial charge in [-0.2, -0.15) is 0 Å². The SMILES string of the molecule is O=C(Nc1ccccc1)c1cncc(Nc2ccc(N3CCCCC3)cc2)c1. The summed E-state index contributed by atoms with van der Waals surface area (Å²) in [6.45, 7) is 2.27. The zero-order chi connectivity index (χ0) is 19.2. The molecule has 0 spiro atoms. The van der Waals surface area contributed by atoms with Crippen LogP contribution in [0.1, 0.15) is 29.6 Å². The fourth-order valence-electron chi connectivity index (χ4n) is 3.43. The Morgan fingerprint density at radius 1 is 0.821 bits per heavy atom. The molecule has 0 radical (unpaired) electrons. The molecule has 1 amide bonds. The highest BCUT2D eigenvalue weighted by molar-refractivity contribution is 6.04. The number of rotatable bonds is 5. The number of hydrogen-bond donors (Lipinski definition) is 2. The summed E-state index contributed by atoms with van der Waals surface area (Å²) in [7, 11) is 0. The van der Waals surface area contributed by atoms with E-state index in [1.807, 2.05) is 36.4 Å². The van der Waals surface area contributed by atoms with E-state index in [9.17, 15) is 4.79 Å². The zero-order valence-corrected chi connectivity index (χ0v) is 15.8. The average molecular weight is 372 g/mol. The lowest BCUT2D eigenvalue weighted by molar-refractivity contribution is 0.102. The summed E-state index contributed by atoms with van der Waals surface area (Å²) >= 11 is 0. The number of amides is 1. The van der Waals surface area contributed by atoms with Crippen LogP contribution in [0.25, 0.3) is 0 Å². The van der Waals surface area contributed by atoms with Crippen molar-refractivity contribution < 1.29 is 4.79 Å². The second-order valence-electron chi connectivity index (χ2n) is 7.00. The van der Waals surface area contributed by atoms with E-state index >= 15 is 0 Å². The molecule has 142 valence electrons. The van der Waals surface area contributed by atoms with Crippen LogP contribution in [0.5, 0.6) is 0 Å². The summed E-state index contributed by atoms with van der Waals surface area (Å²) in [5.41, 5.74) is 4.30. The fourth-order valence-corrected chi connectivity index (χ4v) is 3.43. The first-order valence-electron chi connectivity index (χ1n) is 9.71. The van der Waals surface area contributed by atoms with Crippen LogP contribution < -0.4 is 15.5 Å². The van der Waals surface area contributed by atoms with Gasteiger partial charge in [0, 0.05) is 36.3 Å². The van der Waals surface area contributed by atoms with Crippen LogP contribution in [-0.2, 0) is 0 Å². The highest BCUT2D eigenvalue weighted by Crippen LogP contribution is 2.24. The van der Waals surface area contributed by atoms with E-state index in [1.54, 1.807) is 12.4 Å². The van der Waals surface area contributed by atoms with E-state index in [4.69, 9.17) is 0 Å². The number of aromatic nitrogens is 1. The van der Waals surface area contributed by atoms with Crippen LogP contribution in [0.2, 0.25) is 0 Å². The predicted octanol–water partition coefficient (Wildman–Crippen LogP) is 5.07. The van der Waals surface area contributed by atoms with Gasteiger partial charge in [-0.3, -0.25) is 9.78 Å². The minimum Gasteiger partial charge on any atom is -0.372 e. The van der Waals surface area contributed by atoms with E-state index < -0.39 is 0 Å². The molecule has 1 aromatic heterocycles. The van der Waals surface area contributed by atoms with Crippen molar-refractivity contribution in [3.8, 4) is 0 Å². The number of anilines is 4. The van der Waals surface area contributed by atoms with Gasteiger partial charge in [0.15, 0.2) is 0 Å². The lowest BCUT2D eigenvalue weighted by Crippen LogP contribution is -2.29. The quantitative estimate of drug-likeness (QED) is 0.657. The number of piperidine rings is 1. The summed E-state index contributed by atoms with van der Waals surface area (Å²) in [6, 6.07) is 19.6. The van der Waals surface area contributed by atoms with Crippen molar-refractivity contribution in [1.82, 2.24) is 4.98 Å². The number of para-hydroxylation sites is 1. The smallest absolute Gasteiger partial charge is 0.257 e. The van der Waals surface area contributed by atoms with Crippen molar-refractivity contribution in [3.63, 3.8) is 0 Å². The van der Waals surface area contributed by atoms with Gasteiger partial charge < -0.3 is 15.5 Å². The minimum absolute atomic E-state index is 0.178. The zero-order valence-electron chi connectivity index (χ0n) is 15.8. The fraction of sp³-hybridized carbons (Fsp3) is 0.217. The summed E-state index contributed by atoms with van der Waals surface area (Å²) in [5, 5.41) is 6.21. The maximum absolute atomic E-state index is 12.5. The Balaban J connectivity index is 1.42. The van der Waals surface area contributed by atoms with Crippen LogP contribution in [-0.4, -0.2) is 24.0 Å².